The molecule has 15 heavy (non-hydrogen) atoms. The van der Waals surface area contributed by atoms with Gasteiger partial charge in [-0.15, -0.1) is 0 Å². The minimum absolute atomic E-state index is 0.0884. The van der Waals surface area contributed by atoms with Gasteiger partial charge in [-0.3, -0.25) is 9.89 Å². The van der Waals surface area contributed by atoms with E-state index in [0.29, 0.717) is 16.1 Å². The maximum absolute atomic E-state index is 11.7. The molecule has 0 aliphatic rings. The maximum Gasteiger partial charge on any atom is 0.172 e. The number of halogens is 1. The summed E-state index contributed by atoms with van der Waals surface area (Å²) in [5, 5.41) is 6.20. The van der Waals surface area contributed by atoms with E-state index in [1.165, 1.54) is 12.5 Å². The fourth-order valence-electron chi connectivity index (χ4n) is 1.24. The van der Waals surface area contributed by atoms with E-state index >= 15 is 0 Å². The third-order valence-corrected chi connectivity index (χ3v) is 2.37. The Morgan fingerprint density at radius 2 is 2.47 bits per heavy atom. The van der Waals surface area contributed by atoms with Crippen LogP contribution >= 0.6 is 15.9 Å². The Kier molecular flexibility index (Phi) is 2.59. The summed E-state index contributed by atoms with van der Waals surface area (Å²) in [5.74, 6) is 0.206. The largest absolute Gasteiger partial charge is 0.457 e. The molecule has 0 saturated heterocycles. The van der Waals surface area contributed by atoms with Gasteiger partial charge in [0, 0.05) is 6.42 Å². The molecule has 0 aliphatic heterocycles. The fraction of sp³-hybridized carbons (Fsp3) is 0.111. The number of nitrogens with two attached hydrogens (primary N) is 1. The number of carbonyl (C=O) groups is 1. The monoisotopic (exact) mass is 269 g/mol. The molecule has 0 aliphatic carbocycles. The predicted molar refractivity (Wildman–Crippen MR) is 57.4 cm³/mol. The second kappa shape index (κ2) is 3.90. The quantitative estimate of drug-likeness (QED) is 0.832. The highest BCUT2D eigenvalue weighted by Crippen LogP contribution is 2.17. The molecule has 0 radical (unpaired) electrons. The first kappa shape index (κ1) is 9.97. The molecule has 0 fully saturated rings. The van der Waals surface area contributed by atoms with Crippen LogP contribution in [0, 0.1) is 0 Å². The Morgan fingerprint density at radius 3 is 3.00 bits per heavy atom. The zero-order chi connectivity index (χ0) is 10.8. The maximum atomic E-state index is 11.7. The Hall–Kier alpha value is -1.56. The lowest BCUT2D eigenvalue weighted by atomic mass is 10.1. The Balaban J connectivity index is 2.14. The van der Waals surface area contributed by atoms with Crippen LogP contribution in [0.5, 0.6) is 0 Å². The molecule has 6 heteroatoms. The predicted octanol–water partition coefficient (Wildman–Crippen LogP) is 1.77. The molecular weight excluding hydrogens is 262 g/mol. The second-order valence-corrected chi connectivity index (χ2v) is 3.84. The lowest BCUT2D eigenvalue weighted by Crippen LogP contribution is -2.04. The molecular formula is C9H8BrN3O2. The van der Waals surface area contributed by atoms with Gasteiger partial charge in [-0.1, -0.05) is 0 Å². The normalized spacial score (nSPS) is 10.5. The Bertz CT molecular complexity index is 489. The van der Waals surface area contributed by atoms with Crippen molar-refractivity contribution in [2.24, 2.45) is 0 Å². The summed E-state index contributed by atoms with van der Waals surface area (Å²) in [6.45, 7) is 0. The lowest BCUT2D eigenvalue weighted by Gasteiger charge is -1.95. The van der Waals surface area contributed by atoms with Gasteiger partial charge < -0.3 is 10.2 Å². The van der Waals surface area contributed by atoms with Crippen molar-refractivity contribution in [1.29, 1.82) is 0 Å². The first-order chi connectivity index (χ1) is 7.16. The van der Waals surface area contributed by atoms with Crippen LogP contribution in [0.4, 0.5) is 5.82 Å². The van der Waals surface area contributed by atoms with E-state index in [1.54, 1.807) is 6.07 Å². The molecule has 5 nitrogen and oxygen atoms in total. The van der Waals surface area contributed by atoms with E-state index in [9.17, 15) is 4.79 Å². The van der Waals surface area contributed by atoms with Crippen molar-refractivity contribution in [1.82, 2.24) is 10.2 Å². The molecule has 0 bridgehead atoms. The average Bonchev–Trinajstić information content (AvgIpc) is 2.75. The number of carbonyl (C=O) groups excluding carboxylic acids is 1. The Morgan fingerprint density at radius 1 is 1.67 bits per heavy atom. The fourth-order valence-corrected chi connectivity index (χ4v) is 1.62. The van der Waals surface area contributed by atoms with Gasteiger partial charge in [-0.05, 0) is 27.6 Å². The van der Waals surface area contributed by atoms with Gasteiger partial charge in [0.05, 0.1) is 18.0 Å². The number of nitrogens with one attached hydrogen (secondary N) is 1. The van der Waals surface area contributed by atoms with E-state index in [4.69, 9.17) is 10.2 Å². The highest BCUT2D eigenvalue weighted by atomic mass is 79.9. The number of Topliss-reactive ketones (excluding diaryl/α,β-unsaturated/α-hetero) is 1. The zero-order valence-electron chi connectivity index (χ0n) is 7.66. The third kappa shape index (κ3) is 2.10. The number of aromatic amines is 1. The number of hydrogen-bond donors (Lipinski definition) is 2. The first-order valence-electron chi connectivity index (χ1n) is 4.22. The number of nitrogens with zero attached hydrogens (tertiary/aromatic N) is 1. The van der Waals surface area contributed by atoms with Crippen molar-refractivity contribution in [2.75, 3.05) is 5.73 Å². The van der Waals surface area contributed by atoms with Gasteiger partial charge in [-0.25, -0.2) is 0 Å². The number of aromatic nitrogens is 2. The van der Waals surface area contributed by atoms with Gasteiger partial charge >= 0.3 is 0 Å². The minimum atomic E-state index is -0.0884. The van der Waals surface area contributed by atoms with Crippen molar-refractivity contribution in [3.63, 3.8) is 0 Å². The van der Waals surface area contributed by atoms with Crippen molar-refractivity contribution in [3.05, 3.63) is 34.3 Å². The van der Waals surface area contributed by atoms with Crippen LogP contribution in [0.25, 0.3) is 0 Å². The summed E-state index contributed by atoms with van der Waals surface area (Å²) >= 11 is 3.16. The van der Waals surface area contributed by atoms with Crippen molar-refractivity contribution in [3.8, 4) is 0 Å². The van der Waals surface area contributed by atoms with Crippen LogP contribution in [-0.4, -0.2) is 16.0 Å². The zero-order valence-corrected chi connectivity index (χ0v) is 9.24. The number of furan rings is 1. The molecule has 0 unspecified atom stereocenters. The van der Waals surface area contributed by atoms with Crippen molar-refractivity contribution >= 4 is 27.5 Å². The number of nitrogen functional groups attached to an aromatic ring is 1. The molecule has 2 aromatic rings. The number of hydrogen-bond acceptors (Lipinski definition) is 4. The number of ketones is 1. The molecule has 0 amide bonds. The summed E-state index contributed by atoms with van der Waals surface area (Å²) in [4.78, 5) is 11.7. The molecule has 78 valence electrons. The van der Waals surface area contributed by atoms with E-state index in [1.807, 2.05) is 0 Å². The van der Waals surface area contributed by atoms with Crippen LogP contribution in [0.1, 0.15) is 15.9 Å². The van der Waals surface area contributed by atoms with Gasteiger partial charge in [0.1, 0.15) is 5.82 Å². The molecule has 0 aromatic carbocycles. The lowest BCUT2D eigenvalue weighted by molar-refractivity contribution is 0.0993. The van der Waals surface area contributed by atoms with Gasteiger partial charge in [0.2, 0.25) is 0 Å². The third-order valence-electron chi connectivity index (χ3n) is 1.96. The van der Waals surface area contributed by atoms with E-state index < -0.39 is 0 Å². The van der Waals surface area contributed by atoms with Crippen molar-refractivity contribution in [2.45, 2.75) is 6.42 Å². The number of H-pyrrole nitrogens is 1. The highest BCUT2D eigenvalue weighted by molar-refractivity contribution is 9.10. The number of anilines is 1. The summed E-state index contributed by atoms with van der Waals surface area (Å²) < 4.78 is 5.63. The molecule has 2 rings (SSSR count). The molecule has 0 saturated carbocycles. The van der Waals surface area contributed by atoms with Crippen LogP contribution in [0.3, 0.4) is 0 Å². The second-order valence-electron chi connectivity index (χ2n) is 3.06. The standard InChI is InChI=1S/C9H8BrN3O2/c10-8-2-5(4-15-8)1-7(14)6-3-12-13-9(6)11/h2-4H,1H2,(H3,11,12,13). The first-order valence-corrected chi connectivity index (χ1v) is 5.01. The SMILES string of the molecule is Nc1[nH]ncc1C(=O)Cc1coc(Br)c1. The van der Waals surface area contributed by atoms with Crippen LogP contribution in [0.2, 0.25) is 0 Å². The summed E-state index contributed by atoms with van der Waals surface area (Å²) in [6.07, 6.45) is 3.20. The van der Waals surface area contributed by atoms with Crippen molar-refractivity contribution < 1.29 is 9.21 Å². The average molecular weight is 270 g/mol. The molecule has 2 aromatic heterocycles. The van der Waals surface area contributed by atoms with Crippen LogP contribution in [-0.2, 0) is 6.42 Å². The van der Waals surface area contributed by atoms with Gasteiger partial charge in [-0.2, -0.15) is 5.10 Å². The van der Waals surface area contributed by atoms with E-state index in [-0.39, 0.29) is 12.2 Å². The van der Waals surface area contributed by atoms with Gasteiger partial charge in [0.25, 0.3) is 0 Å². The van der Waals surface area contributed by atoms with Crippen LogP contribution in [0.15, 0.2) is 27.6 Å². The topological polar surface area (TPSA) is 84.9 Å². The summed E-state index contributed by atoms with van der Waals surface area (Å²) in [5.41, 5.74) is 6.74. The summed E-state index contributed by atoms with van der Waals surface area (Å²) in [6, 6.07) is 1.74. The van der Waals surface area contributed by atoms with Gasteiger partial charge in [0.15, 0.2) is 10.5 Å². The smallest absolute Gasteiger partial charge is 0.172 e. The highest BCUT2D eigenvalue weighted by Gasteiger charge is 2.13. The Labute approximate surface area is 93.8 Å². The van der Waals surface area contributed by atoms with E-state index in [0.717, 1.165) is 5.56 Å². The van der Waals surface area contributed by atoms with E-state index in [2.05, 4.69) is 26.1 Å². The molecule has 0 spiro atoms. The molecule has 0 atom stereocenters. The molecule has 2 heterocycles. The van der Waals surface area contributed by atoms with Crippen LogP contribution < -0.4 is 5.73 Å². The molecule has 3 N–H and O–H groups in total. The number of rotatable bonds is 3. The minimum Gasteiger partial charge on any atom is -0.457 e. The summed E-state index contributed by atoms with van der Waals surface area (Å²) in [7, 11) is 0.